The molecule has 0 aromatic heterocycles. The van der Waals surface area contributed by atoms with Crippen molar-refractivity contribution < 1.29 is 18.3 Å². The van der Waals surface area contributed by atoms with Crippen molar-refractivity contribution in [3.05, 3.63) is 29.8 Å². The zero-order chi connectivity index (χ0) is 14.8. The van der Waals surface area contributed by atoms with Crippen LogP contribution in [0, 0.1) is 5.92 Å². The average Bonchev–Trinajstić information content (AvgIpc) is 2.36. The third-order valence-electron chi connectivity index (χ3n) is 3.30. The Hall–Kier alpha value is -1.11. The van der Waals surface area contributed by atoms with Gasteiger partial charge in [-0.25, -0.2) is 13.1 Å². The maximum atomic E-state index is 11.9. The molecular weight excluding hydrogens is 278 g/mol. The Labute approximate surface area is 120 Å². The van der Waals surface area contributed by atoms with Crippen molar-refractivity contribution in [3.63, 3.8) is 0 Å². The van der Waals surface area contributed by atoms with Crippen molar-refractivity contribution in [2.45, 2.75) is 25.9 Å². The average molecular weight is 299 g/mol. The number of aliphatic hydroxyl groups is 1. The molecule has 1 aromatic rings. The Balaban J connectivity index is 2.14. The van der Waals surface area contributed by atoms with E-state index in [1.807, 2.05) is 19.9 Å². The van der Waals surface area contributed by atoms with E-state index in [9.17, 15) is 13.5 Å². The molecule has 2 rings (SSSR count). The lowest BCUT2D eigenvalue weighted by atomic mass is 9.88. The molecular formula is C14H21NO4S. The highest BCUT2D eigenvalue weighted by Crippen LogP contribution is 2.36. The Bertz CT molecular complexity index is 570. The van der Waals surface area contributed by atoms with Gasteiger partial charge >= 0.3 is 0 Å². The second-order valence-corrected chi connectivity index (χ2v) is 7.47. The van der Waals surface area contributed by atoms with Crippen molar-refractivity contribution >= 4 is 10.0 Å². The van der Waals surface area contributed by atoms with Gasteiger partial charge in [-0.2, -0.15) is 0 Å². The molecule has 0 aliphatic carbocycles. The quantitative estimate of drug-likeness (QED) is 0.857. The van der Waals surface area contributed by atoms with Gasteiger partial charge < -0.3 is 9.84 Å². The molecule has 0 saturated heterocycles. The summed E-state index contributed by atoms with van der Waals surface area (Å²) in [5, 5.41) is 10.7. The summed E-state index contributed by atoms with van der Waals surface area (Å²) in [4.78, 5) is 0. The van der Waals surface area contributed by atoms with Crippen LogP contribution in [-0.2, 0) is 15.6 Å². The Morgan fingerprint density at radius 2 is 2.10 bits per heavy atom. The summed E-state index contributed by atoms with van der Waals surface area (Å²) in [6, 6.07) is 7.18. The number of ether oxygens (including phenoxy) is 1. The highest BCUT2D eigenvalue weighted by Gasteiger charge is 2.36. The zero-order valence-corrected chi connectivity index (χ0v) is 12.6. The first kappa shape index (κ1) is 15.3. The third kappa shape index (κ3) is 3.50. The molecule has 1 heterocycles. The van der Waals surface area contributed by atoms with E-state index in [-0.39, 0.29) is 18.2 Å². The third-order valence-corrected chi connectivity index (χ3v) is 4.99. The van der Waals surface area contributed by atoms with Gasteiger partial charge in [0.2, 0.25) is 10.0 Å². The number of rotatable bonds is 5. The van der Waals surface area contributed by atoms with Crippen LogP contribution in [0.2, 0.25) is 0 Å². The lowest BCUT2D eigenvalue weighted by Crippen LogP contribution is -2.44. The van der Waals surface area contributed by atoms with Crippen LogP contribution in [0.1, 0.15) is 25.8 Å². The van der Waals surface area contributed by atoms with Crippen LogP contribution in [0.3, 0.4) is 0 Å². The SMILES string of the molecule is CC(C)CS(=O)(=O)NCC1(O)CCOc2ccccc21. The number of para-hydroxylation sites is 1. The fraction of sp³-hybridized carbons (Fsp3) is 0.571. The lowest BCUT2D eigenvalue weighted by molar-refractivity contribution is 0.00218. The van der Waals surface area contributed by atoms with Gasteiger partial charge in [-0.15, -0.1) is 0 Å². The van der Waals surface area contributed by atoms with E-state index in [2.05, 4.69) is 4.72 Å². The highest BCUT2D eigenvalue weighted by atomic mass is 32.2. The molecule has 0 bridgehead atoms. The van der Waals surface area contributed by atoms with Crippen molar-refractivity contribution in [1.29, 1.82) is 0 Å². The molecule has 0 radical (unpaired) electrons. The molecule has 2 N–H and O–H groups in total. The molecule has 5 nitrogen and oxygen atoms in total. The van der Waals surface area contributed by atoms with Crippen molar-refractivity contribution in [2.24, 2.45) is 5.92 Å². The maximum absolute atomic E-state index is 11.9. The number of hydrogen-bond acceptors (Lipinski definition) is 4. The molecule has 0 spiro atoms. The van der Waals surface area contributed by atoms with Crippen molar-refractivity contribution in [3.8, 4) is 5.75 Å². The highest BCUT2D eigenvalue weighted by molar-refractivity contribution is 7.89. The molecule has 0 fully saturated rings. The smallest absolute Gasteiger partial charge is 0.211 e. The monoisotopic (exact) mass is 299 g/mol. The van der Waals surface area contributed by atoms with Gasteiger partial charge in [-0.05, 0) is 12.0 Å². The number of fused-ring (bicyclic) bond motifs is 1. The van der Waals surface area contributed by atoms with Crippen molar-refractivity contribution in [1.82, 2.24) is 4.72 Å². The topological polar surface area (TPSA) is 75.6 Å². The first-order valence-electron chi connectivity index (χ1n) is 6.74. The molecule has 0 amide bonds. The van der Waals surface area contributed by atoms with E-state index in [1.54, 1.807) is 18.2 Å². The minimum Gasteiger partial charge on any atom is -0.493 e. The number of hydrogen-bond donors (Lipinski definition) is 2. The predicted octanol–water partition coefficient (Wildman–Crippen LogP) is 1.23. The summed E-state index contributed by atoms with van der Waals surface area (Å²) in [5.41, 5.74) is -0.572. The molecule has 1 aliphatic heterocycles. The van der Waals surface area contributed by atoms with Crippen LogP contribution in [0.4, 0.5) is 0 Å². The second-order valence-electron chi connectivity index (χ2n) is 5.62. The first-order chi connectivity index (χ1) is 9.32. The van der Waals surface area contributed by atoms with Gasteiger partial charge in [0.1, 0.15) is 11.4 Å². The minimum absolute atomic E-state index is 0.0254. The van der Waals surface area contributed by atoms with Gasteiger partial charge in [-0.1, -0.05) is 32.0 Å². The number of sulfonamides is 1. The molecule has 20 heavy (non-hydrogen) atoms. The number of benzene rings is 1. The van der Waals surface area contributed by atoms with E-state index >= 15 is 0 Å². The van der Waals surface area contributed by atoms with E-state index < -0.39 is 15.6 Å². The number of nitrogens with one attached hydrogen (secondary N) is 1. The molecule has 0 saturated carbocycles. The Morgan fingerprint density at radius 3 is 2.80 bits per heavy atom. The largest absolute Gasteiger partial charge is 0.493 e. The minimum atomic E-state index is -3.37. The Kier molecular flexibility index (Phi) is 4.36. The van der Waals surface area contributed by atoms with Gasteiger partial charge in [0.25, 0.3) is 0 Å². The van der Waals surface area contributed by atoms with Crippen LogP contribution in [-0.4, -0.2) is 32.4 Å². The summed E-state index contributed by atoms with van der Waals surface area (Å²) >= 11 is 0. The summed E-state index contributed by atoms with van der Waals surface area (Å²) < 4.78 is 31.8. The normalized spacial score (nSPS) is 22.4. The van der Waals surface area contributed by atoms with Gasteiger partial charge in [0.15, 0.2) is 0 Å². The first-order valence-corrected chi connectivity index (χ1v) is 8.40. The van der Waals surface area contributed by atoms with Crippen LogP contribution in [0.15, 0.2) is 24.3 Å². The molecule has 112 valence electrons. The fourth-order valence-electron chi connectivity index (χ4n) is 2.35. The molecule has 1 aromatic carbocycles. The van der Waals surface area contributed by atoms with Crippen LogP contribution in [0.25, 0.3) is 0 Å². The van der Waals surface area contributed by atoms with Crippen LogP contribution < -0.4 is 9.46 Å². The van der Waals surface area contributed by atoms with E-state index in [0.717, 1.165) is 0 Å². The maximum Gasteiger partial charge on any atom is 0.211 e. The zero-order valence-electron chi connectivity index (χ0n) is 11.8. The van der Waals surface area contributed by atoms with E-state index in [1.165, 1.54) is 0 Å². The molecule has 1 atom stereocenters. The molecule has 6 heteroatoms. The fourth-order valence-corrected chi connectivity index (χ4v) is 3.81. The predicted molar refractivity (Wildman–Crippen MR) is 77.1 cm³/mol. The van der Waals surface area contributed by atoms with Crippen molar-refractivity contribution in [2.75, 3.05) is 18.9 Å². The lowest BCUT2D eigenvalue weighted by Gasteiger charge is -2.34. The van der Waals surface area contributed by atoms with E-state index in [4.69, 9.17) is 4.74 Å². The summed E-state index contributed by atoms with van der Waals surface area (Å²) in [6.07, 6.45) is 0.369. The van der Waals surface area contributed by atoms with Gasteiger partial charge in [0, 0.05) is 18.5 Å². The molecule has 1 unspecified atom stereocenters. The van der Waals surface area contributed by atoms with E-state index in [0.29, 0.717) is 24.3 Å². The van der Waals surface area contributed by atoms with Gasteiger partial charge in [0.05, 0.1) is 12.4 Å². The standard InChI is InChI=1S/C14H21NO4S/c1-11(2)9-20(17,18)15-10-14(16)7-8-19-13-6-4-3-5-12(13)14/h3-6,11,15-16H,7-10H2,1-2H3. The summed E-state index contributed by atoms with van der Waals surface area (Å²) in [7, 11) is -3.37. The summed E-state index contributed by atoms with van der Waals surface area (Å²) in [6.45, 7) is 4.04. The van der Waals surface area contributed by atoms with Crippen LogP contribution in [0.5, 0.6) is 5.75 Å². The summed E-state index contributed by atoms with van der Waals surface area (Å²) in [5.74, 6) is 0.717. The van der Waals surface area contributed by atoms with Gasteiger partial charge in [-0.3, -0.25) is 0 Å². The van der Waals surface area contributed by atoms with Crippen LogP contribution >= 0.6 is 0 Å². The molecule has 1 aliphatic rings. The second kappa shape index (κ2) is 5.71. The Morgan fingerprint density at radius 1 is 1.40 bits per heavy atom.